The van der Waals surface area contributed by atoms with Crippen LogP contribution in [0.15, 0.2) is 0 Å². The minimum absolute atomic E-state index is 0. The molecule has 0 aliphatic carbocycles. The van der Waals surface area contributed by atoms with Gasteiger partial charge < -0.3 is 4.74 Å². The minimum atomic E-state index is -0.299. The molecule has 0 spiro atoms. The van der Waals surface area contributed by atoms with E-state index in [9.17, 15) is 9.59 Å². The molecule has 1 atom stereocenters. The predicted octanol–water partition coefficient (Wildman–Crippen LogP) is 2.37. The number of hydrogen-bond donors (Lipinski definition) is 0. The second kappa shape index (κ2) is 9.59. The van der Waals surface area contributed by atoms with Crippen molar-refractivity contribution in [2.24, 2.45) is 0 Å². The van der Waals surface area contributed by atoms with Crippen LogP contribution in [0, 0.1) is 0 Å². The van der Waals surface area contributed by atoms with Gasteiger partial charge in [-0.25, -0.2) is 0 Å². The number of esters is 1. The molecule has 1 aliphatic heterocycles. The van der Waals surface area contributed by atoms with E-state index in [1.165, 1.54) is 0 Å². The molecular weight excluding hydrogens is 277 g/mol. The van der Waals surface area contributed by atoms with Crippen molar-refractivity contribution in [1.29, 1.82) is 0 Å². The van der Waals surface area contributed by atoms with E-state index >= 15 is 0 Å². The Labute approximate surface area is 119 Å². The van der Waals surface area contributed by atoms with Gasteiger partial charge in [-0.15, -0.1) is 12.4 Å². The lowest BCUT2D eigenvalue weighted by molar-refractivity contribution is -0.145. The molecular formula is C12H21Cl2NO3. The number of ether oxygens (including phenoxy) is 1. The average molecular weight is 298 g/mol. The van der Waals surface area contributed by atoms with Gasteiger partial charge in [0.15, 0.2) is 0 Å². The number of halogens is 2. The first-order valence-electron chi connectivity index (χ1n) is 6.21. The molecule has 4 nitrogen and oxygen atoms in total. The van der Waals surface area contributed by atoms with Crippen molar-refractivity contribution < 1.29 is 14.3 Å². The fourth-order valence-corrected chi connectivity index (χ4v) is 2.36. The summed E-state index contributed by atoms with van der Waals surface area (Å²) in [6, 6.07) is 0.288. The molecule has 1 aliphatic rings. The topological polar surface area (TPSA) is 46.6 Å². The molecule has 1 rings (SSSR count). The van der Waals surface area contributed by atoms with Crippen LogP contribution in [0.2, 0.25) is 0 Å². The number of piperidine rings is 1. The zero-order chi connectivity index (χ0) is 12.7. The molecule has 0 aromatic rings. The predicted molar refractivity (Wildman–Crippen MR) is 73.2 cm³/mol. The highest BCUT2D eigenvalue weighted by molar-refractivity contribution is 6.63. The Kier molecular flexibility index (Phi) is 9.42. The van der Waals surface area contributed by atoms with Crippen LogP contribution in [0.4, 0.5) is 0 Å². The van der Waals surface area contributed by atoms with Gasteiger partial charge in [-0.1, -0.05) is 6.42 Å². The lowest BCUT2D eigenvalue weighted by atomic mass is 9.98. The van der Waals surface area contributed by atoms with Crippen molar-refractivity contribution in [3.8, 4) is 0 Å². The van der Waals surface area contributed by atoms with Crippen LogP contribution in [0.1, 0.15) is 39.0 Å². The molecule has 6 heteroatoms. The van der Waals surface area contributed by atoms with E-state index in [4.69, 9.17) is 16.3 Å². The van der Waals surface area contributed by atoms with Gasteiger partial charge in [-0.05, 0) is 44.3 Å². The number of likely N-dealkylation sites (tertiary alicyclic amines) is 1. The molecule has 0 amide bonds. The van der Waals surface area contributed by atoms with E-state index in [1.54, 1.807) is 6.92 Å². The Morgan fingerprint density at radius 2 is 2.11 bits per heavy atom. The SMILES string of the molecule is CCOC(=O)CN1CCCCC1CCC(=O)Cl.Cl. The maximum atomic E-state index is 11.4. The highest BCUT2D eigenvalue weighted by atomic mass is 35.5. The Bertz CT molecular complexity index is 274. The molecule has 1 saturated heterocycles. The number of carbonyl (C=O) groups excluding carboxylic acids is 2. The standard InChI is InChI=1S/C12H20ClNO3.ClH/c1-2-17-12(16)9-14-8-4-3-5-10(14)6-7-11(13)15;/h10H,2-9H2,1H3;1H. The first-order valence-corrected chi connectivity index (χ1v) is 6.59. The second-order valence-electron chi connectivity index (χ2n) is 4.32. The molecule has 106 valence electrons. The highest BCUT2D eigenvalue weighted by Crippen LogP contribution is 2.21. The first kappa shape index (κ1) is 17.7. The molecule has 1 unspecified atom stereocenters. The molecule has 0 aromatic heterocycles. The monoisotopic (exact) mass is 297 g/mol. The smallest absolute Gasteiger partial charge is 0.320 e. The summed E-state index contributed by atoms with van der Waals surface area (Å²) in [5.41, 5.74) is 0. The maximum absolute atomic E-state index is 11.4. The third-order valence-electron chi connectivity index (χ3n) is 3.06. The third-order valence-corrected chi connectivity index (χ3v) is 3.25. The Hall–Kier alpha value is -0.320. The molecule has 0 radical (unpaired) electrons. The fraction of sp³-hybridized carbons (Fsp3) is 0.833. The van der Waals surface area contributed by atoms with E-state index < -0.39 is 0 Å². The first-order chi connectivity index (χ1) is 8.13. The normalized spacial score (nSPS) is 20.0. The summed E-state index contributed by atoms with van der Waals surface area (Å²) in [6.07, 6.45) is 4.40. The summed E-state index contributed by atoms with van der Waals surface area (Å²) in [6.45, 7) is 3.45. The third kappa shape index (κ3) is 6.57. The van der Waals surface area contributed by atoms with Crippen molar-refractivity contribution in [3.05, 3.63) is 0 Å². The van der Waals surface area contributed by atoms with Crippen molar-refractivity contribution in [2.45, 2.75) is 45.1 Å². The van der Waals surface area contributed by atoms with Crippen LogP contribution in [0.25, 0.3) is 0 Å². The van der Waals surface area contributed by atoms with Crippen molar-refractivity contribution >= 4 is 35.2 Å². The van der Waals surface area contributed by atoms with Gasteiger partial charge in [0.2, 0.25) is 5.24 Å². The number of nitrogens with zero attached hydrogens (tertiary/aromatic N) is 1. The molecule has 0 bridgehead atoms. The molecule has 0 saturated carbocycles. The van der Waals surface area contributed by atoms with Gasteiger partial charge in [-0.3, -0.25) is 14.5 Å². The zero-order valence-electron chi connectivity index (χ0n) is 10.7. The summed E-state index contributed by atoms with van der Waals surface area (Å²) < 4.78 is 4.94. The Balaban J connectivity index is 0.00000289. The molecule has 0 N–H and O–H groups in total. The maximum Gasteiger partial charge on any atom is 0.320 e. The van der Waals surface area contributed by atoms with Crippen LogP contribution in [-0.4, -0.2) is 41.8 Å². The fourth-order valence-electron chi connectivity index (χ4n) is 2.25. The van der Waals surface area contributed by atoms with E-state index in [1.807, 2.05) is 0 Å². The van der Waals surface area contributed by atoms with E-state index in [0.717, 1.165) is 32.2 Å². The summed E-state index contributed by atoms with van der Waals surface area (Å²) >= 11 is 5.35. The van der Waals surface area contributed by atoms with Crippen molar-refractivity contribution in [3.63, 3.8) is 0 Å². The lowest BCUT2D eigenvalue weighted by Crippen LogP contribution is -2.43. The largest absolute Gasteiger partial charge is 0.465 e. The van der Waals surface area contributed by atoms with Crippen LogP contribution >= 0.6 is 24.0 Å². The van der Waals surface area contributed by atoms with Crippen LogP contribution < -0.4 is 0 Å². The zero-order valence-corrected chi connectivity index (χ0v) is 12.3. The van der Waals surface area contributed by atoms with Crippen LogP contribution in [-0.2, 0) is 14.3 Å². The van der Waals surface area contributed by atoms with E-state index in [-0.39, 0.29) is 29.7 Å². The average Bonchev–Trinajstić information content (AvgIpc) is 2.28. The van der Waals surface area contributed by atoms with Gasteiger partial charge >= 0.3 is 5.97 Å². The summed E-state index contributed by atoms with van der Waals surface area (Å²) in [7, 11) is 0. The van der Waals surface area contributed by atoms with Crippen molar-refractivity contribution in [2.75, 3.05) is 19.7 Å². The lowest BCUT2D eigenvalue weighted by Gasteiger charge is -2.34. The van der Waals surface area contributed by atoms with Gasteiger partial charge in [-0.2, -0.15) is 0 Å². The Morgan fingerprint density at radius 1 is 1.39 bits per heavy atom. The van der Waals surface area contributed by atoms with Gasteiger partial charge in [0.25, 0.3) is 0 Å². The number of hydrogen-bond acceptors (Lipinski definition) is 4. The summed E-state index contributed by atoms with van der Waals surface area (Å²) in [5.74, 6) is -0.184. The highest BCUT2D eigenvalue weighted by Gasteiger charge is 2.24. The van der Waals surface area contributed by atoms with Crippen LogP contribution in [0.5, 0.6) is 0 Å². The quantitative estimate of drug-likeness (QED) is 0.558. The van der Waals surface area contributed by atoms with Gasteiger partial charge in [0, 0.05) is 12.5 Å². The van der Waals surface area contributed by atoms with Crippen molar-refractivity contribution in [1.82, 2.24) is 4.90 Å². The Morgan fingerprint density at radius 3 is 2.72 bits per heavy atom. The number of rotatable bonds is 6. The van der Waals surface area contributed by atoms with Crippen LogP contribution in [0.3, 0.4) is 0 Å². The molecule has 0 aromatic carbocycles. The van der Waals surface area contributed by atoms with Gasteiger partial charge in [0.1, 0.15) is 0 Å². The van der Waals surface area contributed by atoms with E-state index in [2.05, 4.69) is 4.90 Å². The summed E-state index contributed by atoms with van der Waals surface area (Å²) in [5, 5.41) is -0.299. The molecule has 1 fully saturated rings. The molecule has 1 heterocycles. The second-order valence-corrected chi connectivity index (χ2v) is 4.74. The molecule has 18 heavy (non-hydrogen) atoms. The number of carbonyl (C=O) groups is 2. The van der Waals surface area contributed by atoms with Gasteiger partial charge in [0.05, 0.1) is 13.2 Å². The minimum Gasteiger partial charge on any atom is -0.465 e. The van der Waals surface area contributed by atoms with E-state index in [0.29, 0.717) is 19.6 Å². The summed E-state index contributed by atoms with van der Waals surface area (Å²) in [4.78, 5) is 24.3.